The SMILES string of the molecule is CC(C)c1ccc(C(O)CC2CCS(=O)(=O)C2)cc1. The number of benzene rings is 1. The molecule has 0 spiro atoms. The Morgan fingerprint density at radius 2 is 1.79 bits per heavy atom. The molecule has 0 bridgehead atoms. The summed E-state index contributed by atoms with van der Waals surface area (Å²) in [6.45, 7) is 4.27. The summed E-state index contributed by atoms with van der Waals surface area (Å²) in [6.07, 6.45) is 0.670. The Labute approximate surface area is 115 Å². The van der Waals surface area contributed by atoms with Crippen LogP contribution in [-0.4, -0.2) is 25.0 Å². The lowest BCUT2D eigenvalue weighted by molar-refractivity contribution is 0.148. The summed E-state index contributed by atoms with van der Waals surface area (Å²) in [5.74, 6) is 1.08. The third-order valence-electron chi connectivity index (χ3n) is 3.87. The van der Waals surface area contributed by atoms with Crippen molar-refractivity contribution in [3.8, 4) is 0 Å². The summed E-state index contributed by atoms with van der Waals surface area (Å²) in [6, 6.07) is 7.97. The van der Waals surface area contributed by atoms with Crippen LogP contribution in [0.3, 0.4) is 0 Å². The number of hydrogen-bond acceptors (Lipinski definition) is 3. The molecule has 1 aliphatic rings. The van der Waals surface area contributed by atoms with Gasteiger partial charge < -0.3 is 5.11 Å². The molecule has 1 heterocycles. The van der Waals surface area contributed by atoms with Crippen molar-refractivity contribution in [1.82, 2.24) is 0 Å². The van der Waals surface area contributed by atoms with E-state index in [1.807, 2.05) is 24.3 Å². The van der Waals surface area contributed by atoms with Crippen LogP contribution in [0.25, 0.3) is 0 Å². The molecule has 0 amide bonds. The van der Waals surface area contributed by atoms with Crippen LogP contribution in [0.15, 0.2) is 24.3 Å². The predicted molar refractivity (Wildman–Crippen MR) is 76.9 cm³/mol. The van der Waals surface area contributed by atoms with Crippen molar-refractivity contribution in [1.29, 1.82) is 0 Å². The van der Waals surface area contributed by atoms with E-state index in [0.29, 0.717) is 18.8 Å². The van der Waals surface area contributed by atoms with Gasteiger partial charge in [-0.15, -0.1) is 0 Å². The van der Waals surface area contributed by atoms with Crippen molar-refractivity contribution in [2.75, 3.05) is 11.5 Å². The van der Waals surface area contributed by atoms with Gasteiger partial charge in [0.15, 0.2) is 9.84 Å². The Morgan fingerprint density at radius 3 is 2.26 bits per heavy atom. The van der Waals surface area contributed by atoms with Crippen LogP contribution in [0.1, 0.15) is 49.8 Å². The number of aliphatic hydroxyl groups is 1. The Hall–Kier alpha value is -0.870. The van der Waals surface area contributed by atoms with Gasteiger partial charge in [-0.05, 0) is 35.8 Å². The summed E-state index contributed by atoms with van der Waals surface area (Å²) >= 11 is 0. The zero-order valence-electron chi connectivity index (χ0n) is 11.5. The maximum absolute atomic E-state index is 11.4. The fourth-order valence-electron chi connectivity index (χ4n) is 2.61. The predicted octanol–water partition coefficient (Wildman–Crippen LogP) is 2.67. The van der Waals surface area contributed by atoms with Crippen molar-refractivity contribution >= 4 is 9.84 Å². The molecule has 1 aromatic carbocycles. The molecule has 1 aromatic rings. The van der Waals surface area contributed by atoms with Crippen LogP contribution in [-0.2, 0) is 9.84 Å². The van der Waals surface area contributed by atoms with Gasteiger partial charge in [-0.1, -0.05) is 38.1 Å². The Morgan fingerprint density at radius 1 is 1.21 bits per heavy atom. The Bertz CT molecular complexity index is 517. The van der Waals surface area contributed by atoms with Gasteiger partial charge in [-0.2, -0.15) is 0 Å². The lowest BCUT2D eigenvalue weighted by Crippen LogP contribution is -2.09. The molecule has 0 aromatic heterocycles. The van der Waals surface area contributed by atoms with Crippen LogP contribution in [0.4, 0.5) is 0 Å². The molecule has 2 atom stereocenters. The van der Waals surface area contributed by atoms with E-state index >= 15 is 0 Å². The monoisotopic (exact) mass is 282 g/mol. The van der Waals surface area contributed by atoms with E-state index in [1.165, 1.54) is 5.56 Å². The highest BCUT2D eigenvalue weighted by molar-refractivity contribution is 7.91. The molecule has 2 rings (SSSR count). The van der Waals surface area contributed by atoms with E-state index < -0.39 is 15.9 Å². The third-order valence-corrected chi connectivity index (χ3v) is 5.71. The molecule has 0 radical (unpaired) electrons. The molecular weight excluding hydrogens is 260 g/mol. The van der Waals surface area contributed by atoms with Gasteiger partial charge in [0, 0.05) is 0 Å². The highest BCUT2D eigenvalue weighted by atomic mass is 32.2. The molecule has 1 saturated heterocycles. The number of hydrogen-bond donors (Lipinski definition) is 1. The Balaban J connectivity index is 1.98. The fraction of sp³-hybridized carbons (Fsp3) is 0.600. The third kappa shape index (κ3) is 3.80. The van der Waals surface area contributed by atoms with Crippen LogP contribution >= 0.6 is 0 Å². The van der Waals surface area contributed by atoms with Crippen LogP contribution in [0.5, 0.6) is 0 Å². The summed E-state index contributed by atoms with van der Waals surface area (Å²) < 4.78 is 22.8. The standard InChI is InChI=1S/C15H22O3S/c1-11(2)13-3-5-14(6-4-13)15(16)9-12-7-8-19(17,18)10-12/h3-6,11-12,15-16H,7-10H2,1-2H3. The fourth-order valence-corrected chi connectivity index (χ4v) is 4.49. The second kappa shape index (κ2) is 5.63. The van der Waals surface area contributed by atoms with E-state index in [0.717, 1.165) is 5.56 Å². The summed E-state index contributed by atoms with van der Waals surface area (Å²) in [7, 11) is -2.85. The van der Waals surface area contributed by atoms with Gasteiger partial charge in [0.25, 0.3) is 0 Å². The maximum atomic E-state index is 11.4. The minimum absolute atomic E-state index is 0.102. The van der Waals surface area contributed by atoms with E-state index in [9.17, 15) is 13.5 Å². The molecule has 0 aliphatic carbocycles. The minimum Gasteiger partial charge on any atom is -0.388 e. The molecule has 1 fully saturated rings. The van der Waals surface area contributed by atoms with Crippen LogP contribution in [0.2, 0.25) is 0 Å². The maximum Gasteiger partial charge on any atom is 0.150 e. The molecule has 1 aliphatic heterocycles. The first-order valence-corrected chi connectivity index (χ1v) is 8.68. The Kier molecular flexibility index (Phi) is 4.31. The van der Waals surface area contributed by atoms with Gasteiger partial charge in [0.05, 0.1) is 17.6 Å². The molecule has 106 valence electrons. The van der Waals surface area contributed by atoms with Crippen molar-refractivity contribution in [3.05, 3.63) is 35.4 Å². The number of rotatable bonds is 4. The van der Waals surface area contributed by atoms with Crippen molar-refractivity contribution in [3.63, 3.8) is 0 Å². The van der Waals surface area contributed by atoms with Crippen LogP contribution in [0, 0.1) is 5.92 Å². The number of aliphatic hydroxyl groups excluding tert-OH is 1. The average Bonchev–Trinajstić information content (AvgIpc) is 2.68. The lowest BCUT2D eigenvalue weighted by atomic mass is 9.94. The normalized spacial score (nSPS) is 23.7. The van der Waals surface area contributed by atoms with Gasteiger partial charge in [-0.25, -0.2) is 8.42 Å². The largest absolute Gasteiger partial charge is 0.388 e. The van der Waals surface area contributed by atoms with Gasteiger partial charge in [-0.3, -0.25) is 0 Å². The second-order valence-corrected chi connectivity index (χ2v) is 8.07. The second-order valence-electron chi connectivity index (χ2n) is 5.84. The van der Waals surface area contributed by atoms with Gasteiger partial charge >= 0.3 is 0 Å². The first-order chi connectivity index (χ1) is 8.87. The van der Waals surface area contributed by atoms with E-state index in [4.69, 9.17) is 0 Å². The van der Waals surface area contributed by atoms with Crippen molar-refractivity contribution < 1.29 is 13.5 Å². The van der Waals surface area contributed by atoms with Gasteiger partial charge in [0.2, 0.25) is 0 Å². The first-order valence-electron chi connectivity index (χ1n) is 6.86. The van der Waals surface area contributed by atoms with Crippen molar-refractivity contribution in [2.24, 2.45) is 5.92 Å². The van der Waals surface area contributed by atoms with Crippen molar-refractivity contribution in [2.45, 2.75) is 38.7 Å². The lowest BCUT2D eigenvalue weighted by Gasteiger charge is -2.15. The summed E-state index contributed by atoms with van der Waals surface area (Å²) in [4.78, 5) is 0. The highest BCUT2D eigenvalue weighted by Crippen LogP contribution is 2.29. The molecule has 19 heavy (non-hydrogen) atoms. The van der Waals surface area contributed by atoms with E-state index in [2.05, 4.69) is 13.8 Å². The molecule has 1 N–H and O–H groups in total. The quantitative estimate of drug-likeness (QED) is 0.923. The van der Waals surface area contributed by atoms with E-state index in [1.54, 1.807) is 0 Å². The highest BCUT2D eigenvalue weighted by Gasteiger charge is 2.29. The average molecular weight is 282 g/mol. The zero-order valence-corrected chi connectivity index (χ0v) is 12.4. The number of sulfone groups is 1. The molecule has 2 unspecified atom stereocenters. The minimum atomic E-state index is -2.85. The molecule has 3 nitrogen and oxygen atoms in total. The van der Waals surface area contributed by atoms with Gasteiger partial charge in [0.1, 0.15) is 0 Å². The summed E-state index contributed by atoms with van der Waals surface area (Å²) in [5, 5.41) is 10.2. The zero-order chi connectivity index (χ0) is 14.0. The molecular formula is C15H22O3S. The smallest absolute Gasteiger partial charge is 0.150 e. The topological polar surface area (TPSA) is 54.4 Å². The molecule has 0 saturated carbocycles. The first kappa shape index (κ1) is 14.5. The van der Waals surface area contributed by atoms with Crippen LogP contribution < -0.4 is 0 Å². The summed E-state index contributed by atoms with van der Waals surface area (Å²) in [5.41, 5.74) is 2.13. The van der Waals surface area contributed by atoms with E-state index in [-0.39, 0.29) is 17.4 Å². The molecule has 4 heteroatoms.